The van der Waals surface area contributed by atoms with Crippen LogP contribution in [-0.4, -0.2) is 29.9 Å². The van der Waals surface area contributed by atoms with Crippen LogP contribution < -0.4 is 10.7 Å². The van der Waals surface area contributed by atoms with Gasteiger partial charge in [-0.25, -0.2) is 23.2 Å². The Morgan fingerprint density at radius 2 is 1.83 bits per heavy atom. The van der Waals surface area contributed by atoms with Gasteiger partial charge in [-0.2, -0.15) is 10.1 Å². The zero-order chi connectivity index (χ0) is 21.7. The molecular formula is C20H19ClFN5O2S. The molecule has 2 N–H and O–H groups in total. The lowest BCUT2D eigenvalue weighted by molar-refractivity contribution is 0.587. The minimum atomic E-state index is -3.51. The Morgan fingerprint density at radius 1 is 1.13 bits per heavy atom. The highest BCUT2D eigenvalue weighted by Gasteiger charge is 2.23. The van der Waals surface area contributed by atoms with E-state index in [1.165, 1.54) is 30.6 Å². The first-order valence-electron chi connectivity index (χ1n) is 8.94. The van der Waals surface area contributed by atoms with Crippen LogP contribution in [-0.2, 0) is 9.84 Å². The fourth-order valence-electron chi connectivity index (χ4n) is 2.42. The van der Waals surface area contributed by atoms with E-state index in [0.717, 1.165) is 0 Å². The van der Waals surface area contributed by atoms with Crippen LogP contribution in [0.4, 0.5) is 21.8 Å². The molecule has 2 aromatic carbocycles. The molecule has 0 fully saturated rings. The van der Waals surface area contributed by atoms with Gasteiger partial charge >= 0.3 is 0 Å². The smallest absolute Gasteiger partial charge is 0.245 e. The van der Waals surface area contributed by atoms with Crippen molar-refractivity contribution < 1.29 is 12.8 Å². The zero-order valence-electron chi connectivity index (χ0n) is 16.2. The van der Waals surface area contributed by atoms with Crippen LogP contribution in [0.25, 0.3) is 0 Å². The van der Waals surface area contributed by atoms with Crippen molar-refractivity contribution in [1.29, 1.82) is 0 Å². The number of halogens is 2. The van der Waals surface area contributed by atoms with Crippen LogP contribution in [0.1, 0.15) is 19.4 Å². The number of benzene rings is 2. The van der Waals surface area contributed by atoms with Crippen molar-refractivity contribution in [2.75, 3.05) is 10.7 Å². The molecule has 0 unspecified atom stereocenters. The van der Waals surface area contributed by atoms with Gasteiger partial charge in [0.25, 0.3) is 0 Å². The molecule has 0 aliphatic rings. The third-order valence-electron chi connectivity index (χ3n) is 4.06. The molecule has 0 saturated carbocycles. The van der Waals surface area contributed by atoms with Crippen LogP contribution in [0.15, 0.2) is 64.7 Å². The first-order chi connectivity index (χ1) is 14.3. The van der Waals surface area contributed by atoms with E-state index in [-0.39, 0.29) is 27.5 Å². The number of para-hydroxylation sites is 1. The number of hydrogen-bond donors (Lipinski definition) is 2. The van der Waals surface area contributed by atoms with Gasteiger partial charge < -0.3 is 5.32 Å². The lowest BCUT2D eigenvalue weighted by atomic mass is 10.2. The van der Waals surface area contributed by atoms with E-state index in [4.69, 9.17) is 11.6 Å². The molecule has 0 radical (unpaired) electrons. The van der Waals surface area contributed by atoms with Gasteiger partial charge in [-0.05, 0) is 43.7 Å². The third-order valence-corrected chi connectivity index (χ3v) is 6.55. The van der Waals surface area contributed by atoms with Gasteiger partial charge in [0.1, 0.15) is 10.8 Å². The van der Waals surface area contributed by atoms with Crippen molar-refractivity contribution in [1.82, 2.24) is 9.97 Å². The summed E-state index contributed by atoms with van der Waals surface area (Å²) < 4.78 is 38.2. The maximum Gasteiger partial charge on any atom is 0.245 e. The molecule has 0 saturated heterocycles. The molecule has 3 aromatic rings. The lowest BCUT2D eigenvalue weighted by Gasteiger charge is -2.15. The molecule has 1 aromatic heterocycles. The molecule has 7 nitrogen and oxygen atoms in total. The summed E-state index contributed by atoms with van der Waals surface area (Å²) >= 11 is 6.18. The number of hydrogen-bond acceptors (Lipinski definition) is 7. The maximum absolute atomic E-state index is 12.9. The van der Waals surface area contributed by atoms with E-state index < -0.39 is 15.1 Å². The quantitative estimate of drug-likeness (QED) is 0.404. The number of rotatable bonds is 7. The van der Waals surface area contributed by atoms with Gasteiger partial charge in [-0.15, -0.1) is 0 Å². The average Bonchev–Trinajstić information content (AvgIpc) is 2.72. The molecule has 0 aliphatic carbocycles. The number of nitrogens with one attached hydrogen (secondary N) is 2. The first-order valence-corrected chi connectivity index (χ1v) is 10.9. The predicted molar refractivity (Wildman–Crippen MR) is 117 cm³/mol. The largest absolute Gasteiger partial charge is 0.338 e. The van der Waals surface area contributed by atoms with Crippen LogP contribution in [0.5, 0.6) is 0 Å². The first kappa shape index (κ1) is 21.7. The molecule has 156 valence electrons. The SMILES string of the molecule is CC(C)S(=O)(=O)c1ccccc1Nc1nc(N/N=C/c2ccc(F)cc2)ncc1Cl. The Kier molecular flexibility index (Phi) is 6.63. The maximum atomic E-state index is 12.9. The average molecular weight is 448 g/mol. The topological polar surface area (TPSA) is 96.3 Å². The van der Waals surface area contributed by atoms with Crippen LogP contribution >= 0.6 is 11.6 Å². The predicted octanol–water partition coefficient (Wildman–Crippen LogP) is 4.64. The zero-order valence-corrected chi connectivity index (χ0v) is 17.7. The Bertz CT molecular complexity index is 1170. The minimum absolute atomic E-state index is 0.143. The minimum Gasteiger partial charge on any atom is -0.338 e. The molecule has 0 amide bonds. The van der Waals surface area contributed by atoms with Crippen molar-refractivity contribution in [3.05, 3.63) is 71.1 Å². The molecule has 10 heteroatoms. The molecule has 1 heterocycles. The third kappa shape index (κ3) is 5.11. The number of aromatic nitrogens is 2. The van der Waals surface area contributed by atoms with Gasteiger partial charge in [-0.3, -0.25) is 0 Å². The van der Waals surface area contributed by atoms with Gasteiger partial charge in [0.2, 0.25) is 5.95 Å². The van der Waals surface area contributed by atoms with Crippen LogP contribution in [0.2, 0.25) is 5.02 Å². The summed E-state index contributed by atoms with van der Waals surface area (Å²) in [4.78, 5) is 8.44. The van der Waals surface area contributed by atoms with Crippen molar-refractivity contribution in [2.24, 2.45) is 5.10 Å². The fourth-order valence-corrected chi connectivity index (χ4v) is 3.76. The molecular weight excluding hydrogens is 429 g/mol. The van der Waals surface area contributed by atoms with Crippen molar-refractivity contribution in [3.63, 3.8) is 0 Å². The van der Waals surface area contributed by atoms with Gasteiger partial charge in [0, 0.05) is 0 Å². The second-order valence-electron chi connectivity index (χ2n) is 6.53. The monoisotopic (exact) mass is 447 g/mol. The Labute approximate surface area is 179 Å². The summed E-state index contributed by atoms with van der Waals surface area (Å²) in [5.41, 5.74) is 3.70. The molecule has 0 atom stereocenters. The standard InChI is InChI=1S/C20H19ClFN5O2S/c1-13(2)30(28,29)18-6-4-3-5-17(18)25-19-16(21)12-23-20(26-19)27-24-11-14-7-9-15(22)10-8-14/h3-13H,1-2H3,(H2,23,25,26,27)/b24-11+. The summed E-state index contributed by atoms with van der Waals surface area (Å²) in [5.74, 6) is 0.0265. The molecule has 0 aliphatic heterocycles. The van der Waals surface area contributed by atoms with E-state index in [1.54, 1.807) is 44.2 Å². The number of hydrazone groups is 1. The Balaban J connectivity index is 1.82. The fraction of sp³-hybridized carbons (Fsp3) is 0.150. The lowest BCUT2D eigenvalue weighted by Crippen LogP contribution is -2.15. The van der Waals surface area contributed by atoms with Crippen LogP contribution in [0, 0.1) is 5.82 Å². The number of nitrogens with zero attached hydrogens (tertiary/aromatic N) is 3. The van der Waals surface area contributed by atoms with Crippen molar-refractivity contribution in [3.8, 4) is 0 Å². The Hall–Kier alpha value is -3.04. The molecule has 30 heavy (non-hydrogen) atoms. The summed E-state index contributed by atoms with van der Waals surface area (Å²) in [6.07, 6.45) is 2.85. The van der Waals surface area contributed by atoms with Gasteiger partial charge in [0.05, 0.1) is 28.2 Å². The van der Waals surface area contributed by atoms with E-state index in [0.29, 0.717) is 11.3 Å². The highest BCUT2D eigenvalue weighted by molar-refractivity contribution is 7.92. The van der Waals surface area contributed by atoms with E-state index in [9.17, 15) is 12.8 Å². The number of sulfone groups is 1. The summed E-state index contributed by atoms with van der Waals surface area (Å²) in [7, 11) is -3.51. The highest BCUT2D eigenvalue weighted by atomic mass is 35.5. The summed E-state index contributed by atoms with van der Waals surface area (Å²) in [6.45, 7) is 3.23. The molecule has 0 spiro atoms. The van der Waals surface area contributed by atoms with Gasteiger partial charge in [-0.1, -0.05) is 35.9 Å². The molecule has 3 rings (SSSR count). The van der Waals surface area contributed by atoms with E-state index >= 15 is 0 Å². The second kappa shape index (κ2) is 9.19. The summed E-state index contributed by atoms with van der Waals surface area (Å²) in [5, 5.41) is 6.60. The summed E-state index contributed by atoms with van der Waals surface area (Å²) in [6, 6.07) is 12.3. The van der Waals surface area contributed by atoms with E-state index in [1.807, 2.05) is 0 Å². The molecule has 0 bridgehead atoms. The highest BCUT2D eigenvalue weighted by Crippen LogP contribution is 2.30. The number of anilines is 3. The normalized spacial score (nSPS) is 11.8. The van der Waals surface area contributed by atoms with Gasteiger partial charge in [0.15, 0.2) is 15.7 Å². The van der Waals surface area contributed by atoms with E-state index in [2.05, 4.69) is 25.8 Å². The second-order valence-corrected chi connectivity index (χ2v) is 9.41. The Morgan fingerprint density at radius 3 is 2.53 bits per heavy atom. The van der Waals surface area contributed by atoms with Crippen molar-refractivity contribution >= 4 is 45.1 Å². The van der Waals surface area contributed by atoms with Crippen LogP contribution in [0.3, 0.4) is 0 Å². The van der Waals surface area contributed by atoms with Crippen molar-refractivity contribution in [2.45, 2.75) is 24.0 Å².